The Morgan fingerprint density at radius 3 is 2.33 bits per heavy atom. The number of benzene rings is 2. The van der Waals surface area contributed by atoms with Crippen LogP contribution in [0.1, 0.15) is 33.9 Å². The van der Waals surface area contributed by atoms with Gasteiger partial charge in [0.05, 0.1) is 11.6 Å². The van der Waals surface area contributed by atoms with E-state index in [4.69, 9.17) is 5.73 Å². The Morgan fingerprint density at radius 1 is 1.05 bits per heavy atom. The van der Waals surface area contributed by atoms with E-state index in [9.17, 15) is 13.2 Å². The molecule has 0 saturated carbocycles. The minimum absolute atomic E-state index is 0.0203. The van der Waals surface area contributed by atoms with Gasteiger partial charge in [0.1, 0.15) is 0 Å². The zero-order chi connectivity index (χ0) is 15.8. The van der Waals surface area contributed by atoms with Crippen molar-refractivity contribution in [2.75, 3.05) is 0 Å². The predicted molar refractivity (Wildman–Crippen MR) is 81.1 cm³/mol. The maximum atomic E-state index is 13.0. The highest BCUT2D eigenvalue weighted by atomic mass is 79.9. The van der Waals surface area contributed by atoms with Crippen LogP contribution in [0.4, 0.5) is 13.2 Å². The van der Waals surface area contributed by atoms with Crippen molar-refractivity contribution >= 4 is 15.9 Å². The van der Waals surface area contributed by atoms with Gasteiger partial charge in [-0.1, -0.05) is 45.8 Å². The van der Waals surface area contributed by atoms with E-state index in [1.807, 2.05) is 32.0 Å². The van der Waals surface area contributed by atoms with Gasteiger partial charge in [0.2, 0.25) is 0 Å². The molecule has 0 saturated heterocycles. The summed E-state index contributed by atoms with van der Waals surface area (Å²) in [6.07, 6.45) is -4.41. The van der Waals surface area contributed by atoms with Crippen molar-refractivity contribution in [1.82, 2.24) is 0 Å². The van der Waals surface area contributed by atoms with E-state index in [2.05, 4.69) is 15.9 Å². The molecule has 112 valence electrons. The van der Waals surface area contributed by atoms with E-state index in [1.54, 1.807) is 6.07 Å². The van der Waals surface area contributed by atoms with Crippen LogP contribution in [0, 0.1) is 13.8 Å². The first-order chi connectivity index (χ1) is 9.70. The summed E-state index contributed by atoms with van der Waals surface area (Å²) in [7, 11) is 0. The van der Waals surface area contributed by atoms with Crippen LogP contribution in [-0.4, -0.2) is 0 Å². The van der Waals surface area contributed by atoms with Gasteiger partial charge < -0.3 is 5.73 Å². The summed E-state index contributed by atoms with van der Waals surface area (Å²) in [5, 5.41) is 0. The first-order valence-electron chi connectivity index (χ1n) is 6.39. The second kappa shape index (κ2) is 5.81. The number of hydrogen-bond acceptors (Lipinski definition) is 1. The smallest absolute Gasteiger partial charge is 0.320 e. The maximum Gasteiger partial charge on any atom is 0.417 e. The summed E-state index contributed by atoms with van der Waals surface area (Å²) in [6, 6.07) is 9.32. The second-order valence-corrected chi connectivity index (χ2v) is 5.93. The van der Waals surface area contributed by atoms with Crippen LogP contribution in [0.15, 0.2) is 40.9 Å². The summed E-state index contributed by atoms with van der Waals surface area (Å²) < 4.78 is 38.9. The van der Waals surface area contributed by atoms with Gasteiger partial charge in [0.15, 0.2) is 0 Å². The molecule has 0 fully saturated rings. The van der Waals surface area contributed by atoms with Crippen molar-refractivity contribution in [2.24, 2.45) is 5.73 Å². The van der Waals surface area contributed by atoms with Crippen LogP contribution in [0.5, 0.6) is 0 Å². The number of rotatable bonds is 2. The number of halogens is 4. The molecule has 2 N–H and O–H groups in total. The fourth-order valence-corrected chi connectivity index (χ4v) is 2.70. The van der Waals surface area contributed by atoms with Gasteiger partial charge in [-0.3, -0.25) is 0 Å². The summed E-state index contributed by atoms with van der Waals surface area (Å²) in [4.78, 5) is 0. The molecule has 2 rings (SSSR count). The lowest BCUT2D eigenvalue weighted by Gasteiger charge is -2.18. The number of hydrogen-bond donors (Lipinski definition) is 1. The minimum atomic E-state index is -4.41. The molecule has 1 atom stereocenters. The van der Waals surface area contributed by atoms with Gasteiger partial charge in [-0.2, -0.15) is 13.2 Å². The summed E-state index contributed by atoms with van der Waals surface area (Å²) in [5.74, 6) is 0. The molecule has 1 nitrogen and oxygen atoms in total. The number of nitrogens with two attached hydrogens (primary N) is 1. The largest absolute Gasteiger partial charge is 0.417 e. The van der Waals surface area contributed by atoms with E-state index in [-0.39, 0.29) is 4.47 Å². The summed E-state index contributed by atoms with van der Waals surface area (Å²) in [6.45, 7) is 3.83. The molecular formula is C16H15BrF3N. The molecule has 0 radical (unpaired) electrons. The molecule has 2 aromatic rings. The van der Waals surface area contributed by atoms with Crippen LogP contribution >= 0.6 is 15.9 Å². The SMILES string of the molecule is Cc1ccc(C)c(C(N)c2ccc(Br)c(C(F)(F)F)c2)c1. The lowest BCUT2D eigenvalue weighted by Crippen LogP contribution is -2.15. The Bertz CT molecular complexity index is 665. The lowest BCUT2D eigenvalue weighted by atomic mass is 9.93. The normalized spacial score (nSPS) is 13.3. The Morgan fingerprint density at radius 2 is 1.71 bits per heavy atom. The van der Waals surface area contributed by atoms with Gasteiger partial charge in [0, 0.05) is 4.47 Å². The quantitative estimate of drug-likeness (QED) is 0.791. The van der Waals surface area contributed by atoms with Gasteiger partial charge in [0.25, 0.3) is 0 Å². The van der Waals surface area contributed by atoms with Crippen molar-refractivity contribution in [3.63, 3.8) is 0 Å². The summed E-state index contributed by atoms with van der Waals surface area (Å²) >= 11 is 2.94. The van der Waals surface area contributed by atoms with Crippen LogP contribution in [0.25, 0.3) is 0 Å². The topological polar surface area (TPSA) is 26.0 Å². The van der Waals surface area contributed by atoms with Gasteiger partial charge in [-0.15, -0.1) is 0 Å². The van der Waals surface area contributed by atoms with E-state index in [0.717, 1.165) is 22.8 Å². The molecule has 5 heteroatoms. The van der Waals surface area contributed by atoms with E-state index in [0.29, 0.717) is 5.56 Å². The van der Waals surface area contributed by atoms with Crippen molar-refractivity contribution in [3.05, 3.63) is 68.7 Å². The van der Waals surface area contributed by atoms with Crippen molar-refractivity contribution in [1.29, 1.82) is 0 Å². The van der Waals surface area contributed by atoms with E-state index >= 15 is 0 Å². The second-order valence-electron chi connectivity index (χ2n) is 5.07. The molecule has 0 aliphatic heterocycles. The molecule has 1 unspecified atom stereocenters. The number of aryl methyl sites for hydroxylation is 2. The van der Waals surface area contributed by atoms with E-state index < -0.39 is 17.8 Å². The third-order valence-corrected chi connectivity index (χ3v) is 4.12. The molecule has 0 spiro atoms. The Balaban J connectivity index is 2.49. The average Bonchev–Trinajstić information content (AvgIpc) is 2.40. The summed E-state index contributed by atoms with van der Waals surface area (Å²) in [5.41, 5.74) is 8.73. The monoisotopic (exact) mass is 357 g/mol. The fraction of sp³-hybridized carbons (Fsp3) is 0.250. The predicted octanol–water partition coefficient (Wildman–Crippen LogP) is 5.13. The highest BCUT2D eigenvalue weighted by Crippen LogP contribution is 2.37. The van der Waals surface area contributed by atoms with Gasteiger partial charge in [-0.05, 0) is 42.7 Å². The molecule has 0 amide bonds. The molecule has 0 aromatic heterocycles. The maximum absolute atomic E-state index is 13.0. The lowest BCUT2D eigenvalue weighted by molar-refractivity contribution is -0.138. The van der Waals surface area contributed by atoms with Gasteiger partial charge in [-0.25, -0.2) is 0 Å². The highest BCUT2D eigenvalue weighted by Gasteiger charge is 2.33. The van der Waals surface area contributed by atoms with Gasteiger partial charge >= 0.3 is 6.18 Å². The first-order valence-corrected chi connectivity index (χ1v) is 7.19. The zero-order valence-electron chi connectivity index (χ0n) is 11.6. The zero-order valence-corrected chi connectivity index (χ0v) is 13.2. The van der Waals surface area contributed by atoms with Crippen molar-refractivity contribution in [3.8, 4) is 0 Å². The molecular weight excluding hydrogens is 343 g/mol. The van der Waals surface area contributed by atoms with Crippen LogP contribution in [0.3, 0.4) is 0 Å². The molecule has 2 aromatic carbocycles. The van der Waals surface area contributed by atoms with Crippen LogP contribution in [0.2, 0.25) is 0 Å². The van der Waals surface area contributed by atoms with Crippen molar-refractivity contribution in [2.45, 2.75) is 26.1 Å². The highest BCUT2D eigenvalue weighted by molar-refractivity contribution is 9.10. The Hall–Kier alpha value is -1.33. The van der Waals surface area contributed by atoms with Crippen molar-refractivity contribution < 1.29 is 13.2 Å². The molecule has 21 heavy (non-hydrogen) atoms. The Kier molecular flexibility index (Phi) is 4.44. The first kappa shape index (κ1) is 16.0. The molecule has 0 aliphatic carbocycles. The average molecular weight is 358 g/mol. The third-order valence-electron chi connectivity index (χ3n) is 3.42. The third kappa shape index (κ3) is 3.47. The standard InChI is InChI=1S/C16H15BrF3N/c1-9-3-4-10(2)12(7-9)15(21)11-5-6-14(17)13(8-11)16(18,19)20/h3-8,15H,21H2,1-2H3. The minimum Gasteiger partial charge on any atom is -0.320 e. The van der Waals surface area contributed by atoms with E-state index in [1.165, 1.54) is 6.07 Å². The molecule has 0 heterocycles. The molecule has 0 bridgehead atoms. The van der Waals surface area contributed by atoms with Crippen LogP contribution in [-0.2, 0) is 6.18 Å². The Labute approximate surface area is 130 Å². The molecule has 0 aliphatic rings. The fourth-order valence-electron chi connectivity index (χ4n) is 2.23. The number of alkyl halides is 3. The van der Waals surface area contributed by atoms with Crippen LogP contribution < -0.4 is 5.73 Å².